The van der Waals surface area contributed by atoms with Gasteiger partial charge in [-0.25, -0.2) is 4.98 Å². The number of hydrogen-bond acceptors (Lipinski definition) is 4. The summed E-state index contributed by atoms with van der Waals surface area (Å²) >= 11 is 1.62. The molecule has 1 atom stereocenters. The Morgan fingerprint density at radius 2 is 2.00 bits per heavy atom. The maximum absolute atomic E-state index is 12.8. The van der Waals surface area contributed by atoms with Crippen molar-refractivity contribution in [2.24, 2.45) is 4.99 Å². The van der Waals surface area contributed by atoms with Crippen LogP contribution in [0.25, 0.3) is 0 Å². The average molecular weight is 491 g/mol. The van der Waals surface area contributed by atoms with Gasteiger partial charge < -0.3 is 10.2 Å². The fourth-order valence-corrected chi connectivity index (χ4v) is 3.33. The van der Waals surface area contributed by atoms with Gasteiger partial charge in [-0.05, 0) is 13.8 Å². The number of nitrogens with zero attached hydrogens (tertiary/aromatic N) is 4. The number of guanidine groups is 1. The van der Waals surface area contributed by atoms with E-state index in [0.717, 1.165) is 23.1 Å². The third kappa shape index (κ3) is 6.55. The standard InChI is InChI=1S/C15H24F3N5S.HI/c1-11(15(16,17)18)22-6-8-23(9-7-22)14(19-3)20-5-4-13-10-24-12(2)21-13;/h10-11H,4-9H2,1-3H3,(H,19,20);1H. The largest absolute Gasteiger partial charge is 0.403 e. The molecule has 1 aliphatic heterocycles. The molecule has 0 spiro atoms. The maximum Gasteiger partial charge on any atom is 0.403 e. The highest BCUT2D eigenvalue weighted by Crippen LogP contribution is 2.25. The lowest BCUT2D eigenvalue weighted by molar-refractivity contribution is -0.181. The Bertz CT molecular complexity index is 556. The van der Waals surface area contributed by atoms with Crippen molar-refractivity contribution in [3.8, 4) is 0 Å². The molecule has 10 heteroatoms. The number of aryl methyl sites for hydroxylation is 1. The van der Waals surface area contributed by atoms with Crippen LogP contribution in [0.2, 0.25) is 0 Å². The first-order valence-electron chi connectivity index (χ1n) is 7.98. The van der Waals surface area contributed by atoms with Crippen LogP contribution in [0, 0.1) is 6.92 Å². The second kappa shape index (κ2) is 9.91. The van der Waals surface area contributed by atoms with E-state index >= 15 is 0 Å². The van der Waals surface area contributed by atoms with Gasteiger partial charge in [-0.3, -0.25) is 9.89 Å². The van der Waals surface area contributed by atoms with Crippen LogP contribution in [0.4, 0.5) is 13.2 Å². The third-order valence-corrected chi connectivity index (χ3v) is 5.00. The zero-order valence-electron chi connectivity index (χ0n) is 14.6. The number of aliphatic imine (C=N–C) groups is 1. The van der Waals surface area contributed by atoms with Crippen molar-refractivity contribution in [2.75, 3.05) is 39.8 Å². The number of halogens is 4. The molecule has 2 heterocycles. The van der Waals surface area contributed by atoms with Gasteiger partial charge in [-0.2, -0.15) is 13.2 Å². The van der Waals surface area contributed by atoms with Crippen LogP contribution in [-0.2, 0) is 6.42 Å². The summed E-state index contributed by atoms with van der Waals surface area (Å²) in [7, 11) is 1.69. The molecule has 1 aromatic rings. The van der Waals surface area contributed by atoms with Gasteiger partial charge in [0.1, 0.15) is 6.04 Å². The molecule has 144 valence electrons. The van der Waals surface area contributed by atoms with Gasteiger partial charge in [0.2, 0.25) is 0 Å². The SMILES string of the molecule is CN=C(NCCc1csc(C)n1)N1CCN(C(C)C(F)(F)F)CC1.I. The summed E-state index contributed by atoms with van der Waals surface area (Å²) in [4.78, 5) is 12.1. The van der Waals surface area contributed by atoms with E-state index in [4.69, 9.17) is 0 Å². The molecule has 2 rings (SSSR count). The molecule has 1 aliphatic rings. The quantitative estimate of drug-likeness (QED) is 0.400. The highest BCUT2D eigenvalue weighted by molar-refractivity contribution is 14.0. The number of piperazine rings is 1. The lowest BCUT2D eigenvalue weighted by Gasteiger charge is -2.39. The Hall–Kier alpha value is -0.620. The van der Waals surface area contributed by atoms with Gasteiger partial charge in [0, 0.05) is 51.6 Å². The van der Waals surface area contributed by atoms with Crippen molar-refractivity contribution < 1.29 is 13.2 Å². The number of rotatable bonds is 4. The number of hydrogen-bond donors (Lipinski definition) is 1. The Kier molecular flexibility index (Phi) is 8.89. The minimum atomic E-state index is -4.17. The molecule has 1 aromatic heterocycles. The molecule has 5 nitrogen and oxygen atoms in total. The smallest absolute Gasteiger partial charge is 0.356 e. The van der Waals surface area contributed by atoms with E-state index in [1.54, 1.807) is 18.4 Å². The van der Waals surface area contributed by atoms with E-state index in [1.807, 2.05) is 17.2 Å². The molecule has 0 amide bonds. The second-order valence-corrected chi connectivity index (χ2v) is 6.88. The third-order valence-electron chi connectivity index (χ3n) is 4.18. The summed E-state index contributed by atoms with van der Waals surface area (Å²) in [6.07, 6.45) is -3.37. The van der Waals surface area contributed by atoms with Gasteiger partial charge >= 0.3 is 6.18 Å². The van der Waals surface area contributed by atoms with Gasteiger partial charge in [0.25, 0.3) is 0 Å². The van der Waals surface area contributed by atoms with E-state index in [1.165, 1.54) is 11.8 Å². The van der Waals surface area contributed by atoms with Crippen LogP contribution in [0.1, 0.15) is 17.6 Å². The monoisotopic (exact) mass is 491 g/mol. The minimum absolute atomic E-state index is 0. The summed E-state index contributed by atoms with van der Waals surface area (Å²) in [6.45, 7) is 5.74. The first kappa shape index (κ1) is 22.4. The maximum atomic E-state index is 12.8. The van der Waals surface area contributed by atoms with Crippen LogP contribution in [0.15, 0.2) is 10.4 Å². The Morgan fingerprint density at radius 3 is 2.48 bits per heavy atom. The van der Waals surface area contributed by atoms with E-state index in [9.17, 15) is 13.2 Å². The second-order valence-electron chi connectivity index (χ2n) is 5.82. The summed E-state index contributed by atoms with van der Waals surface area (Å²) in [5, 5.41) is 6.36. The molecule has 25 heavy (non-hydrogen) atoms. The summed E-state index contributed by atoms with van der Waals surface area (Å²) in [6, 6.07) is -1.40. The van der Waals surface area contributed by atoms with E-state index in [0.29, 0.717) is 32.7 Å². The van der Waals surface area contributed by atoms with Gasteiger partial charge in [0.15, 0.2) is 5.96 Å². The normalized spacial score (nSPS) is 18.0. The molecule has 1 N–H and O–H groups in total. The predicted octanol–water partition coefficient (Wildman–Crippen LogP) is 2.76. The van der Waals surface area contributed by atoms with Crippen LogP contribution >= 0.6 is 35.3 Å². The van der Waals surface area contributed by atoms with Crippen molar-refractivity contribution in [3.63, 3.8) is 0 Å². The molecule has 1 unspecified atom stereocenters. The first-order valence-corrected chi connectivity index (χ1v) is 8.86. The fourth-order valence-electron chi connectivity index (χ4n) is 2.69. The number of aromatic nitrogens is 1. The average Bonchev–Trinajstić information content (AvgIpc) is 2.96. The zero-order chi connectivity index (χ0) is 17.7. The first-order chi connectivity index (χ1) is 11.3. The molecular weight excluding hydrogens is 466 g/mol. The Balaban J connectivity index is 0.00000312. The molecule has 1 saturated heterocycles. The van der Waals surface area contributed by atoms with Gasteiger partial charge in [0.05, 0.1) is 10.7 Å². The molecule has 1 fully saturated rings. The van der Waals surface area contributed by atoms with Crippen molar-refractivity contribution >= 4 is 41.3 Å². The summed E-state index contributed by atoms with van der Waals surface area (Å²) < 4.78 is 38.4. The van der Waals surface area contributed by atoms with Crippen molar-refractivity contribution in [2.45, 2.75) is 32.5 Å². The zero-order valence-corrected chi connectivity index (χ0v) is 17.8. The molecule has 0 aromatic carbocycles. The summed E-state index contributed by atoms with van der Waals surface area (Å²) in [5.41, 5.74) is 1.05. The van der Waals surface area contributed by atoms with Crippen molar-refractivity contribution in [1.82, 2.24) is 20.1 Å². The van der Waals surface area contributed by atoms with Gasteiger partial charge in [-0.1, -0.05) is 0 Å². The van der Waals surface area contributed by atoms with Crippen LogP contribution < -0.4 is 5.32 Å². The molecule has 0 saturated carbocycles. The van der Waals surface area contributed by atoms with Crippen LogP contribution in [0.5, 0.6) is 0 Å². The molecule has 0 radical (unpaired) electrons. The summed E-state index contributed by atoms with van der Waals surface area (Å²) in [5.74, 6) is 0.737. The van der Waals surface area contributed by atoms with E-state index in [-0.39, 0.29) is 24.0 Å². The van der Waals surface area contributed by atoms with Crippen molar-refractivity contribution in [3.05, 3.63) is 16.1 Å². The van der Waals surface area contributed by atoms with Crippen molar-refractivity contribution in [1.29, 1.82) is 0 Å². The topological polar surface area (TPSA) is 43.8 Å². The highest BCUT2D eigenvalue weighted by atomic mass is 127. The fraction of sp³-hybridized carbons (Fsp3) is 0.733. The van der Waals surface area contributed by atoms with E-state index in [2.05, 4.69) is 15.3 Å². The van der Waals surface area contributed by atoms with Crippen LogP contribution in [-0.4, -0.2) is 72.7 Å². The lowest BCUT2D eigenvalue weighted by Crippen LogP contribution is -2.56. The molecular formula is C15H25F3IN5S. The number of alkyl halides is 3. The number of nitrogens with one attached hydrogen (secondary N) is 1. The van der Waals surface area contributed by atoms with Gasteiger partial charge in [-0.15, -0.1) is 35.3 Å². The number of thiazole rings is 1. The van der Waals surface area contributed by atoms with E-state index < -0.39 is 12.2 Å². The lowest BCUT2D eigenvalue weighted by atomic mass is 10.2. The predicted molar refractivity (Wildman–Crippen MR) is 106 cm³/mol. The van der Waals surface area contributed by atoms with Crippen LogP contribution in [0.3, 0.4) is 0 Å². The highest BCUT2D eigenvalue weighted by Gasteiger charge is 2.41. The minimum Gasteiger partial charge on any atom is -0.356 e. The Labute approximate surface area is 167 Å². The molecule has 0 aliphatic carbocycles. The Morgan fingerprint density at radius 1 is 1.36 bits per heavy atom. The molecule has 0 bridgehead atoms.